The summed E-state index contributed by atoms with van der Waals surface area (Å²) >= 11 is 0. The number of likely N-dealkylation sites (N-methyl/N-ethyl adjacent to an activating group) is 1. The zero-order valence-electron chi connectivity index (χ0n) is 33.0. The smallest absolute Gasteiger partial charge is 0.0619 e. The lowest BCUT2D eigenvalue weighted by Crippen LogP contribution is -2.13. The molecular weight excluding hydrogens is 629 g/mol. The predicted molar refractivity (Wildman–Crippen MR) is 239 cm³/mol. The number of benzene rings is 1. The fraction of sp³-hybridized carbons (Fsp3) is 0.140. The van der Waals surface area contributed by atoms with Crippen LogP contribution in [0.2, 0.25) is 0 Å². The highest BCUT2D eigenvalue weighted by Gasteiger charge is 2.03. The van der Waals surface area contributed by atoms with Crippen molar-refractivity contribution in [3.8, 4) is 0 Å². The summed E-state index contributed by atoms with van der Waals surface area (Å²) in [5.41, 5.74) is 12.6. The maximum atomic E-state index is 4.70. The van der Waals surface area contributed by atoms with Crippen LogP contribution < -0.4 is 4.90 Å². The van der Waals surface area contributed by atoms with E-state index in [9.17, 15) is 0 Å². The highest BCUT2D eigenvalue weighted by atomic mass is 15.1. The Bertz CT molecular complexity index is 1840. The van der Waals surface area contributed by atoms with Gasteiger partial charge in [-0.15, -0.1) is 0 Å². The monoisotopic (exact) mass is 688 g/mol. The number of aliphatic imine (C=N–C) groups is 1. The van der Waals surface area contributed by atoms with E-state index in [-0.39, 0.29) is 0 Å². The van der Waals surface area contributed by atoms with E-state index in [1.54, 1.807) is 6.08 Å². The number of rotatable bonds is 20. The van der Waals surface area contributed by atoms with Crippen molar-refractivity contribution in [1.29, 1.82) is 0 Å². The Hall–Kier alpha value is -5.99. The molecule has 0 saturated heterocycles. The molecule has 0 aromatic heterocycles. The molecule has 1 aromatic carbocycles. The van der Waals surface area contributed by atoms with Gasteiger partial charge < -0.3 is 4.90 Å². The molecule has 0 unspecified atom stereocenters. The summed E-state index contributed by atoms with van der Waals surface area (Å²) in [7, 11) is 1.98. The molecule has 270 valence electrons. The molecule has 0 radical (unpaired) electrons. The van der Waals surface area contributed by atoms with E-state index in [1.807, 2.05) is 119 Å². The molecule has 0 aliphatic carbocycles. The van der Waals surface area contributed by atoms with Gasteiger partial charge in [-0.05, 0) is 102 Å². The van der Waals surface area contributed by atoms with Gasteiger partial charge in [0.2, 0.25) is 0 Å². The van der Waals surface area contributed by atoms with Crippen molar-refractivity contribution >= 4 is 11.4 Å². The van der Waals surface area contributed by atoms with Gasteiger partial charge in [0.15, 0.2) is 0 Å². The summed E-state index contributed by atoms with van der Waals surface area (Å²) in [4.78, 5) is 6.72. The van der Waals surface area contributed by atoms with E-state index in [2.05, 4.69) is 104 Å². The van der Waals surface area contributed by atoms with Gasteiger partial charge in [0.1, 0.15) is 0 Å². The van der Waals surface area contributed by atoms with E-state index in [1.165, 1.54) is 5.56 Å². The average Bonchev–Trinajstić information content (AvgIpc) is 3.14. The zero-order chi connectivity index (χ0) is 40.0. The van der Waals surface area contributed by atoms with Crippen LogP contribution in [0.4, 0.5) is 5.69 Å². The van der Waals surface area contributed by atoms with Gasteiger partial charge in [-0.1, -0.05) is 176 Å². The molecule has 0 bridgehead atoms. The first-order chi connectivity index (χ1) is 24.5. The van der Waals surface area contributed by atoms with Crippen molar-refractivity contribution in [2.24, 2.45) is 4.99 Å². The molecule has 1 aromatic rings. The van der Waals surface area contributed by atoms with Crippen LogP contribution >= 0.6 is 0 Å². The lowest BCUT2D eigenvalue weighted by atomic mass is 10.0. The molecule has 0 atom stereocenters. The Balaban J connectivity index is 0.0000128. The fourth-order valence-electron chi connectivity index (χ4n) is 3.75. The molecule has 2 nitrogen and oxygen atoms in total. The standard InChI is InChI=1S/C48H54N2.C2H6/c1-17-18-19-48(34(2)3)49-46(15)44(13)29-28-42(11)40(9)25-24-38(7)36(5)22-23-37(6)39(8)26-27-41(10)43(12)30-31-45(14)50(16)47-32-20-35(4)21-33-47;1-2/h17-33H,1,5-14H2,2-4,15-16H3;1-2H3/b19-18-,23-22-,25-24-,27-26-,29-28-,31-30-,49-46?;. The highest BCUT2D eigenvalue weighted by Crippen LogP contribution is 2.21. The Morgan fingerprint density at radius 2 is 0.846 bits per heavy atom. The Morgan fingerprint density at radius 1 is 0.519 bits per heavy atom. The van der Waals surface area contributed by atoms with Crippen LogP contribution in [0.3, 0.4) is 0 Å². The van der Waals surface area contributed by atoms with Gasteiger partial charge in [0.25, 0.3) is 0 Å². The molecule has 1 rings (SSSR count). The van der Waals surface area contributed by atoms with E-state index >= 15 is 0 Å². The maximum absolute atomic E-state index is 4.70. The fourth-order valence-corrected chi connectivity index (χ4v) is 3.75. The molecule has 0 saturated carbocycles. The maximum Gasteiger partial charge on any atom is 0.0619 e. The summed E-state index contributed by atoms with van der Waals surface area (Å²) in [5, 5.41) is 0. The zero-order valence-corrected chi connectivity index (χ0v) is 33.0. The second kappa shape index (κ2) is 24.2. The number of hydrogen-bond acceptors (Lipinski definition) is 2. The largest absolute Gasteiger partial charge is 0.345 e. The Labute approximate surface area is 317 Å². The Kier molecular flexibility index (Phi) is 21.4. The van der Waals surface area contributed by atoms with E-state index < -0.39 is 0 Å². The van der Waals surface area contributed by atoms with Gasteiger partial charge in [-0.2, -0.15) is 0 Å². The summed E-state index contributed by atoms with van der Waals surface area (Å²) in [6, 6.07) is 8.29. The van der Waals surface area contributed by atoms with Crippen molar-refractivity contribution in [1.82, 2.24) is 0 Å². The van der Waals surface area contributed by atoms with Crippen LogP contribution in [0.25, 0.3) is 0 Å². The van der Waals surface area contributed by atoms with Crippen molar-refractivity contribution in [2.45, 2.75) is 41.5 Å². The summed E-state index contributed by atoms with van der Waals surface area (Å²) in [6.07, 6.45) is 24.3. The molecule has 0 N–H and O–H groups in total. The minimum Gasteiger partial charge on any atom is -0.345 e. The molecule has 2 heteroatoms. The van der Waals surface area contributed by atoms with Gasteiger partial charge >= 0.3 is 0 Å². The first-order valence-electron chi connectivity index (χ1n) is 17.1. The van der Waals surface area contributed by atoms with Crippen molar-refractivity contribution < 1.29 is 0 Å². The number of allylic oxidation sites excluding steroid dienone is 23. The third-order valence-electron chi connectivity index (χ3n) is 7.58. The SMILES string of the molecule is C=C/C=C\C(N=C(C)C(=C)/C=C\C(=C)C(=C)/C=C\C(=C)C(=C)/C=C\C(=C)C(=C)/C=C\C(=C)C(=C)/C=C\C(=C)N(C)c1ccc(C)cc1)=C(C)C.CC. The van der Waals surface area contributed by atoms with Crippen molar-refractivity contribution in [2.75, 3.05) is 11.9 Å². The van der Waals surface area contributed by atoms with Gasteiger partial charge in [0, 0.05) is 24.1 Å². The topological polar surface area (TPSA) is 15.6 Å². The van der Waals surface area contributed by atoms with E-state index in [4.69, 9.17) is 4.99 Å². The quantitative estimate of drug-likeness (QED) is 0.0983. The lowest BCUT2D eigenvalue weighted by molar-refractivity contribution is 1.14. The van der Waals surface area contributed by atoms with Crippen LogP contribution in [0.15, 0.2) is 248 Å². The first kappa shape index (κ1) is 46.0. The molecule has 0 heterocycles. The second-order valence-corrected chi connectivity index (χ2v) is 12.0. The van der Waals surface area contributed by atoms with Gasteiger partial charge in [0.05, 0.1) is 5.70 Å². The number of aryl methyl sites for hydroxylation is 1. The molecule has 0 spiro atoms. The van der Waals surface area contributed by atoms with Gasteiger partial charge in [-0.25, -0.2) is 0 Å². The lowest BCUT2D eigenvalue weighted by Gasteiger charge is -2.19. The van der Waals surface area contributed by atoms with Crippen LogP contribution in [0.1, 0.15) is 40.2 Å². The Morgan fingerprint density at radius 3 is 1.17 bits per heavy atom. The van der Waals surface area contributed by atoms with Crippen molar-refractivity contribution in [3.63, 3.8) is 0 Å². The van der Waals surface area contributed by atoms with Crippen LogP contribution in [0.5, 0.6) is 0 Å². The molecule has 0 aliphatic rings. The molecule has 52 heavy (non-hydrogen) atoms. The average molecular weight is 689 g/mol. The minimum absolute atomic E-state index is 0.729. The van der Waals surface area contributed by atoms with Crippen LogP contribution in [0, 0.1) is 6.92 Å². The number of anilines is 1. The number of hydrogen-bond donors (Lipinski definition) is 0. The molecular formula is C50H60N2. The second-order valence-electron chi connectivity index (χ2n) is 12.0. The summed E-state index contributed by atoms with van der Waals surface area (Å²) in [5.74, 6) is 0. The van der Waals surface area contributed by atoms with Crippen LogP contribution in [-0.2, 0) is 0 Å². The first-order valence-corrected chi connectivity index (χ1v) is 17.1. The van der Waals surface area contributed by atoms with Crippen LogP contribution in [-0.4, -0.2) is 12.8 Å². The number of nitrogens with zero attached hydrogens (tertiary/aromatic N) is 2. The third kappa shape index (κ3) is 17.1. The molecule has 0 aliphatic heterocycles. The highest BCUT2D eigenvalue weighted by molar-refractivity contribution is 6.01. The van der Waals surface area contributed by atoms with Gasteiger partial charge in [-0.3, -0.25) is 4.99 Å². The minimum atomic E-state index is 0.729. The van der Waals surface area contributed by atoms with E-state index in [0.717, 1.165) is 78.5 Å². The predicted octanol–water partition coefficient (Wildman–Crippen LogP) is 14.3. The molecule has 0 fully saturated rings. The van der Waals surface area contributed by atoms with E-state index in [0.29, 0.717) is 0 Å². The third-order valence-corrected chi connectivity index (χ3v) is 7.58. The summed E-state index contributed by atoms with van der Waals surface area (Å²) < 4.78 is 0. The van der Waals surface area contributed by atoms with Crippen molar-refractivity contribution in [3.05, 3.63) is 248 Å². The molecule has 0 amide bonds. The summed E-state index contributed by atoms with van der Waals surface area (Å²) in [6.45, 7) is 57.1. The normalized spacial score (nSPS) is 11.5.